The normalized spacial score (nSPS) is 10.5. The van der Waals surface area contributed by atoms with E-state index in [1.807, 2.05) is 37.3 Å². The minimum Gasteiger partial charge on any atom is -0.399 e. The maximum Gasteiger partial charge on any atom is 0.256 e. The van der Waals surface area contributed by atoms with E-state index in [0.717, 1.165) is 22.2 Å². The number of nitrogens with two attached hydrogens (primary N) is 1. The van der Waals surface area contributed by atoms with E-state index in [9.17, 15) is 4.79 Å². The summed E-state index contributed by atoms with van der Waals surface area (Å²) in [6.07, 6.45) is 1.64. The number of aryl methyl sites for hydroxylation is 1. The number of nitrogens with one attached hydrogen (secondary N) is 1. The molecular weight excluding hydrogens is 262 g/mol. The standard InChI is InChI=1S/C17H15N3O/c1-11-10-12(6-7-15(11)18)20-17(21)14-8-9-19-16-5-3-2-4-13(14)16/h2-10H,18H2,1H3,(H,20,21). The molecule has 4 nitrogen and oxygen atoms in total. The third-order valence-corrected chi connectivity index (χ3v) is 3.42. The quantitative estimate of drug-likeness (QED) is 0.706. The average molecular weight is 277 g/mol. The van der Waals surface area contributed by atoms with Crippen molar-refractivity contribution < 1.29 is 4.79 Å². The van der Waals surface area contributed by atoms with E-state index in [4.69, 9.17) is 5.73 Å². The number of aromatic nitrogens is 1. The maximum absolute atomic E-state index is 12.5. The van der Waals surface area contributed by atoms with E-state index in [1.165, 1.54) is 0 Å². The first-order chi connectivity index (χ1) is 10.1. The summed E-state index contributed by atoms with van der Waals surface area (Å²) in [5.41, 5.74) is 9.57. The lowest BCUT2D eigenvalue weighted by Gasteiger charge is -2.09. The van der Waals surface area contributed by atoms with Crippen LogP contribution in [0.4, 0.5) is 11.4 Å². The van der Waals surface area contributed by atoms with E-state index >= 15 is 0 Å². The van der Waals surface area contributed by atoms with Crippen molar-refractivity contribution in [3.63, 3.8) is 0 Å². The Kier molecular flexibility index (Phi) is 3.28. The third-order valence-electron chi connectivity index (χ3n) is 3.42. The van der Waals surface area contributed by atoms with Gasteiger partial charge in [-0.05, 0) is 42.8 Å². The highest BCUT2D eigenvalue weighted by Crippen LogP contribution is 2.20. The number of fused-ring (bicyclic) bond motifs is 1. The molecule has 0 bridgehead atoms. The summed E-state index contributed by atoms with van der Waals surface area (Å²) in [6.45, 7) is 1.91. The number of carbonyl (C=O) groups excluding carboxylic acids is 1. The van der Waals surface area contributed by atoms with Crippen LogP contribution in [-0.4, -0.2) is 10.9 Å². The van der Waals surface area contributed by atoms with Crippen molar-refractivity contribution >= 4 is 28.2 Å². The monoisotopic (exact) mass is 277 g/mol. The van der Waals surface area contributed by atoms with Crippen molar-refractivity contribution in [3.8, 4) is 0 Å². The summed E-state index contributed by atoms with van der Waals surface area (Å²) < 4.78 is 0. The van der Waals surface area contributed by atoms with Gasteiger partial charge in [0, 0.05) is 23.0 Å². The third kappa shape index (κ3) is 2.56. The predicted molar refractivity (Wildman–Crippen MR) is 85.3 cm³/mol. The smallest absolute Gasteiger partial charge is 0.256 e. The summed E-state index contributed by atoms with van der Waals surface area (Å²) in [5.74, 6) is -0.155. The number of rotatable bonds is 2. The van der Waals surface area contributed by atoms with E-state index < -0.39 is 0 Å². The first kappa shape index (κ1) is 13.1. The Hall–Kier alpha value is -2.88. The van der Waals surface area contributed by atoms with Crippen LogP contribution < -0.4 is 11.1 Å². The Balaban J connectivity index is 1.95. The number of amides is 1. The van der Waals surface area contributed by atoms with Gasteiger partial charge in [-0.1, -0.05) is 18.2 Å². The van der Waals surface area contributed by atoms with Gasteiger partial charge in [-0.2, -0.15) is 0 Å². The molecule has 0 aliphatic carbocycles. The molecule has 0 fully saturated rings. The molecule has 0 spiro atoms. The minimum atomic E-state index is -0.155. The van der Waals surface area contributed by atoms with E-state index in [2.05, 4.69) is 10.3 Å². The highest BCUT2D eigenvalue weighted by molar-refractivity contribution is 6.12. The average Bonchev–Trinajstić information content (AvgIpc) is 2.50. The molecule has 1 amide bonds. The van der Waals surface area contributed by atoms with Gasteiger partial charge in [-0.15, -0.1) is 0 Å². The highest BCUT2D eigenvalue weighted by atomic mass is 16.1. The number of carbonyl (C=O) groups is 1. The number of benzene rings is 2. The number of anilines is 2. The number of pyridine rings is 1. The fraction of sp³-hybridized carbons (Fsp3) is 0.0588. The van der Waals surface area contributed by atoms with Gasteiger partial charge < -0.3 is 11.1 Å². The summed E-state index contributed by atoms with van der Waals surface area (Å²) in [4.78, 5) is 16.7. The van der Waals surface area contributed by atoms with Gasteiger partial charge in [-0.25, -0.2) is 0 Å². The van der Waals surface area contributed by atoms with Crippen molar-refractivity contribution in [1.29, 1.82) is 0 Å². The zero-order valence-corrected chi connectivity index (χ0v) is 11.6. The van der Waals surface area contributed by atoms with Crippen LogP contribution in [0.25, 0.3) is 10.9 Å². The Labute approximate surface area is 122 Å². The van der Waals surface area contributed by atoms with Crippen LogP contribution in [0.2, 0.25) is 0 Å². The van der Waals surface area contributed by atoms with Crippen LogP contribution >= 0.6 is 0 Å². The molecule has 0 radical (unpaired) electrons. The van der Waals surface area contributed by atoms with E-state index in [-0.39, 0.29) is 5.91 Å². The summed E-state index contributed by atoms with van der Waals surface area (Å²) in [6, 6.07) is 14.7. The van der Waals surface area contributed by atoms with Gasteiger partial charge in [0.05, 0.1) is 11.1 Å². The Morgan fingerprint density at radius 3 is 2.76 bits per heavy atom. The molecule has 21 heavy (non-hydrogen) atoms. The first-order valence-electron chi connectivity index (χ1n) is 6.66. The fourth-order valence-corrected chi connectivity index (χ4v) is 2.25. The van der Waals surface area contributed by atoms with Crippen molar-refractivity contribution in [2.45, 2.75) is 6.92 Å². The van der Waals surface area contributed by atoms with Crippen LogP contribution in [0.3, 0.4) is 0 Å². The second-order valence-corrected chi connectivity index (χ2v) is 4.90. The fourth-order valence-electron chi connectivity index (χ4n) is 2.25. The van der Waals surface area contributed by atoms with Gasteiger partial charge >= 0.3 is 0 Å². The Bertz CT molecular complexity index is 822. The highest BCUT2D eigenvalue weighted by Gasteiger charge is 2.10. The molecule has 3 aromatic rings. The minimum absolute atomic E-state index is 0.155. The Morgan fingerprint density at radius 1 is 1.14 bits per heavy atom. The molecule has 0 unspecified atom stereocenters. The number of hydrogen-bond acceptors (Lipinski definition) is 3. The molecule has 3 N–H and O–H groups in total. The zero-order chi connectivity index (χ0) is 14.8. The van der Waals surface area contributed by atoms with Crippen molar-refractivity contribution in [2.24, 2.45) is 0 Å². The molecule has 0 aliphatic heterocycles. The molecule has 3 rings (SSSR count). The van der Waals surface area contributed by atoms with Gasteiger partial charge in [0.2, 0.25) is 0 Å². The van der Waals surface area contributed by atoms with E-state index in [1.54, 1.807) is 24.4 Å². The summed E-state index contributed by atoms with van der Waals surface area (Å²) in [7, 11) is 0. The molecule has 0 atom stereocenters. The summed E-state index contributed by atoms with van der Waals surface area (Å²) in [5, 5.41) is 3.73. The largest absolute Gasteiger partial charge is 0.399 e. The molecule has 0 aliphatic rings. The van der Waals surface area contributed by atoms with Crippen LogP contribution in [0, 0.1) is 6.92 Å². The molecule has 0 saturated carbocycles. The number of hydrogen-bond donors (Lipinski definition) is 2. The molecule has 1 aromatic heterocycles. The zero-order valence-electron chi connectivity index (χ0n) is 11.6. The van der Waals surface area contributed by atoms with Crippen LogP contribution in [0.5, 0.6) is 0 Å². The first-order valence-corrected chi connectivity index (χ1v) is 6.66. The molecular formula is C17H15N3O. The molecule has 2 aromatic carbocycles. The van der Waals surface area contributed by atoms with Gasteiger partial charge in [0.1, 0.15) is 0 Å². The second kappa shape index (κ2) is 5.25. The molecule has 1 heterocycles. The molecule has 104 valence electrons. The Morgan fingerprint density at radius 2 is 1.95 bits per heavy atom. The maximum atomic E-state index is 12.5. The van der Waals surface area contributed by atoms with Gasteiger partial charge in [0.25, 0.3) is 5.91 Å². The topological polar surface area (TPSA) is 68.0 Å². The summed E-state index contributed by atoms with van der Waals surface area (Å²) >= 11 is 0. The number of nitrogens with zero attached hydrogens (tertiary/aromatic N) is 1. The van der Waals surface area contributed by atoms with Gasteiger partial charge in [-0.3, -0.25) is 9.78 Å². The van der Waals surface area contributed by atoms with Crippen molar-refractivity contribution in [2.75, 3.05) is 11.1 Å². The lowest BCUT2D eigenvalue weighted by atomic mass is 10.1. The molecule has 4 heteroatoms. The number of nitrogen functional groups attached to an aromatic ring is 1. The predicted octanol–water partition coefficient (Wildman–Crippen LogP) is 3.38. The second-order valence-electron chi connectivity index (χ2n) is 4.90. The number of para-hydroxylation sites is 1. The van der Waals surface area contributed by atoms with Crippen LogP contribution in [0.1, 0.15) is 15.9 Å². The lowest BCUT2D eigenvalue weighted by Crippen LogP contribution is -2.12. The lowest BCUT2D eigenvalue weighted by molar-refractivity contribution is 0.102. The van der Waals surface area contributed by atoms with Gasteiger partial charge in [0.15, 0.2) is 0 Å². The van der Waals surface area contributed by atoms with Crippen LogP contribution in [-0.2, 0) is 0 Å². The van der Waals surface area contributed by atoms with E-state index in [0.29, 0.717) is 11.3 Å². The molecule has 0 saturated heterocycles. The van der Waals surface area contributed by atoms with Crippen molar-refractivity contribution in [3.05, 3.63) is 65.9 Å². The SMILES string of the molecule is Cc1cc(NC(=O)c2ccnc3ccccc23)ccc1N. The van der Waals surface area contributed by atoms with Crippen molar-refractivity contribution in [1.82, 2.24) is 4.98 Å². The van der Waals surface area contributed by atoms with Crippen LogP contribution in [0.15, 0.2) is 54.7 Å².